The van der Waals surface area contributed by atoms with Gasteiger partial charge in [-0.2, -0.15) is 0 Å². The zero-order valence-corrected chi connectivity index (χ0v) is 20.9. The van der Waals surface area contributed by atoms with Gasteiger partial charge >= 0.3 is 6.09 Å². The number of aliphatic imine (C=N–C) groups is 1. The van der Waals surface area contributed by atoms with Gasteiger partial charge in [0, 0.05) is 43.4 Å². The van der Waals surface area contributed by atoms with Gasteiger partial charge in [0.2, 0.25) is 0 Å². The predicted molar refractivity (Wildman–Crippen MR) is 138 cm³/mol. The molecule has 1 amide bonds. The summed E-state index contributed by atoms with van der Waals surface area (Å²) in [6, 6.07) is 3.82. The number of pyridine rings is 1. The van der Waals surface area contributed by atoms with Gasteiger partial charge in [0.1, 0.15) is 23.4 Å². The molecule has 3 fully saturated rings. The van der Waals surface area contributed by atoms with E-state index < -0.39 is 17.9 Å². The molecule has 0 radical (unpaired) electrons. The number of anilines is 1. The first kappa shape index (κ1) is 25.1. The number of aromatic nitrogens is 1. The molecular formula is C27H36FN5O2. The topological polar surface area (TPSA) is 78.8 Å². The van der Waals surface area contributed by atoms with E-state index in [0.717, 1.165) is 49.3 Å². The first-order valence-corrected chi connectivity index (χ1v) is 12.5. The van der Waals surface area contributed by atoms with E-state index >= 15 is 4.39 Å². The van der Waals surface area contributed by atoms with Crippen LogP contribution in [0.3, 0.4) is 0 Å². The van der Waals surface area contributed by atoms with E-state index in [9.17, 15) is 4.79 Å². The molecular weight excluding hydrogens is 445 g/mol. The number of hydrogen-bond donors (Lipinski definition) is 2. The molecule has 1 saturated carbocycles. The van der Waals surface area contributed by atoms with Crippen LogP contribution in [0.15, 0.2) is 48.1 Å². The molecule has 35 heavy (non-hydrogen) atoms. The number of rotatable bonds is 7. The molecule has 1 aliphatic carbocycles. The van der Waals surface area contributed by atoms with Crippen molar-refractivity contribution in [1.29, 1.82) is 0 Å². The van der Waals surface area contributed by atoms with Crippen LogP contribution in [0.2, 0.25) is 0 Å². The first-order chi connectivity index (χ1) is 16.8. The third-order valence-corrected chi connectivity index (χ3v) is 7.47. The van der Waals surface area contributed by atoms with Gasteiger partial charge in [-0.05, 0) is 56.4 Å². The summed E-state index contributed by atoms with van der Waals surface area (Å²) in [6.45, 7) is 15.3. The Balaban J connectivity index is 1.86. The van der Waals surface area contributed by atoms with Gasteiger partial charge in [0.25, 0.3) is 0 Å². The van der Waals surface area contributed by atoms with Crippen LogP contribution in [-0.2, 0) is 10.4 Å². The Morgan fingerprint density at radius 1 is 1.40 bits per heavy atom. The smallest absolute Gasteiger partial charge is 0.413 e. The van der Waals surface area contributed by atoms with Crippen LogP contribution in [-0.4, -0.2) is 48.7 Å². The van der Waals surface area contributed by atoms with E-state index in [1.165, 1.54) is 6.20 Å². The zero-order chi connectivity index (χ0) is 25.2. The molecule has 3 heterocycles. The number of alkyl halides is 1. The summed E-state index contributed by atoms with van der Waals surface area (Å²) in [4.78, 5) is 23.8. The third-order valence-electron chi connectivity index (χ3n) is 7.47. The number of amidine groups is 1. The second kappa shape index (κ2) is 10.3. The van der Waals surface area contributed by atoms with Crippen molar-refractivity contribution in [3.05, 3.63) is 54.4 Å². The number of piperazine rings is 1. The second-order valence-electron chi connectivity index (χ2n) is 9.73. The maximum Gasteiger partial charge on any atom is 0.413 e. The molecule has 7 nitrogen and oxygen atoms in total. The number of halogens is 1. The predicted octanol–water partition coefficient (Wildman–Crippen LogP) is 4.86. The molecule has 1 aromatic heterocycles. The van der Waals surface area contributed by atoms with Crippen molar-refractivity contribution in [1.82, 2.24) is 15.6 Å². The van der Waals surface area contributed by atoms with Crippen molar-refractivity contribution >= 4 is 23.3 Å². The summed E-state index contributed by atoms with van der Waals surface area (Å²) in [5, 5.41) is 6.14. The van der Waals surface area contributed by atoms with Gasteiger partial charge in [0.05, 0.1) is 5.69 Å². The Hall–Kier alpha value is -3.00. The highest BCUT2D eigenvalue weighted by atomic mass is 19.1. The number of amides is 1. The number of carbonyl (C=O) groups is 1. The maximum absolute atomic E-state index is 15.6. The quantitative estimate of drug-likeness (QED) is 0.544. The standard InChI is InChI=1S/C27H36FN5O2/c1-6-20-16-33(13-12-30-20)22-15-19(27(5,28)7-2)14-21(31-22)17(4)23-24(18-10-9-11-18)35-26(34)32-25(23)29-8-3/h6,8,14-15,18,20,24,30H,1,3,7,9-13,16H2,2,4-5H3,(H,29,32,34)/b23-17+. The van der Waals surface area contributed by atoms with Gasteiger partial charge < -0.3 is 15.0 Å². The molecule has 1 aromatic rings. The lowest BCUT2D eigenvalue weighted by atomic mass is 9.76. The van der Waals surface area contributed by atoms with Gasteiger partial charge in [-0.25, -0.2) is 19.2 Å². The molecule has 188 valence electrons. The largest absolute Gasteiger partial charge is 0.441 e. The molecule has 0 aromatic carbocycles. The molecule has 8 heteroatoms. The van der Waals surface area contributed by atoms with Crippen molar-refractivity contribution in [2.24, 2.45) is 10.9 Å². The Labute approximate surface area is 207 Å². The molecule has 2 saturated heterocycles. The van der Waals surface area contributed by atoms with Crippen LogP contribution in [0.4, 0.5) is 15.0 Å². The molecule has 4 rings (SSSR count). The number of alkyl carbamates (subject to hydrolysis) is 1. The number of carbonyl (C=O) groups excluding carboxylic acids is 1. The summed E-state index contributed by atoms with van der Waals surface area (Å²) in [5.41, 5.74) is 1.32. The van der Waals surface area contributed by atoms with E-state index in [-0.39, 0.29) is 12.0 Å². The maximum atomic E-state index is 15.6. The van der Waals surface area contributed by atoms with Crippen molar-refractivity contribution < 1.29 is 13.9 Å². The SMILES string of the molecule is C=CN=C1NC(=O)OC(C2CCC2)/C1=C(/C)c1cc(C(C)(F)CC)cc(N2CCNC(C=C)C2)n1. The number of nitrogens with one attached hydrogen (secondary N) is 2. The van der Waals surface area contributed by atoms with Gasteiger partial charge in [-0.15, -0.1) is 6.58 Å². The Morgan fingerprint density at radius 2 is 2.17 bits per heavy atom. The Bertz CT molecular complexity index is 1060. The van der Waals surface area contributed by atoms with Crippen LogP contribution < -0.4 is 15.5 Å². The Morgan fingerprint density at radius 3 is 2.80 bits per heavy atom. The molecule has 3 atom stereocenters. The van der Waals surface area contributed by atoms with Gasteiger partial charge in [-0.3, -0.25) is 5.32 Å². The summed E-state index contributed by atoms with van der Waals surface area (Å²) in [6.07, 6.45) is 5.78. The van der Waals surface area contributed by atoms with Crippen LogP contribution in [0.5, 0.6) is 0 Å². The normalized spacial score (nSPS) is 27.4. The molecule has 2 aliphatic heterocycles. The number of nitrogens with zero attached hydrogens (tertiary/aromatic N) is 3. The molecule has 3 aliphatic rings. The highest BCUT2D eigenvalue weighted by molar-refractivity contribution is 6.13. The second-order valence-corrected chi connectivity index (χ2v) is 9.73. The van der Waals surface area contributed by atoms with Crippen LogP contribution in [0.25, 0.3) is 5.57 Å². The minimum absolute atomic E-state index is 0.135. The molecule has 0 spiro atoms. The third kappa shape index (κ3) is 5.17. The van der Waals surface area contributed by atoms with E-state index in [1.807, 2.05) is 32.1 Å². The van der Waals surface area contributed by atoms with Crippen LogP contribution in [0, 0.1) is 5.92 Å². The van der Waals surface area contributed by atoms with Crippen LogP contribution >= 0.6 is 0 Å². The first-order valence-electron chi connectivity index (χ1n) is 12.5. The van der Waals surface area contributed by atoms with Crippen molar-refractivity contribution in [3.8, 4) is 0 Å². The lowest BCUT2D eigenvalue weighted by Crippen LogP contribution is -2.50. The minimum Gasteiger partial charge on any atom is -0.441 e. The van der Waals surface area contributed by atoms with E-state index in [2.05, 4.69) is 33.7 Å². The molecule has 2 N–H and O–H groups in total. The highest BCUT2D eigenvalue weighted by Gasteiger charge is 2.40. The summed E-state index contributed by atoms with van der Waals surface area (Å²) < 4.78 is 21.4. The highest BCUT2D eigenvalue weighted by Crippen LogP contribution is 2.40. The fourth-order valence-electron chi connectivity index (χ4n) is 4.82. The Kier molecular flexibility index (Phi) is 7.40. The van der Waals surface area contributed by atoms with E-state index in [1.54, 1.807) is 6.92 Å². The van der Waals surface area contributed by atoms with Gasteiger partial charge in [-0.1, -0.05) is 26.0 Å². The summed E-state index contributed by atoms with van der Waals surface area (Å²) in [5.74, 6) is 1.38. The summed E-state index contributed by atoms with van der Waals surface area (Å²) in [7, 11) is 0. The number of cyclic esters (lactones) is 1. The fraction of sp³-hybridized carbons (Fsp3) is 0.519. The van der Waals surface area contributed by atoms with E-state index in [0.29, 0.717) is 30.1 Å². The van der Waals surface area contributed by atoms with Crippen molar-refractivity contribution in [3.63, 3.8) is 0 Å². The average molecular weight is 482 g/mol. The number of allylic oxidation sites excluding steroid dienone is 1. The fourth-order valence-corrected chi connectivity index (χ4v) is 4.82. The monoisotopic (exact) mass is 481 g/mol. The van der Waals surface area contributed by atoms with Crippen LogP contribution in [0.1, 0.15) is 57.7 Å². The molecule has 0 bridgehead atoms. The lowest BCUT2D eigenvalue weighted by Gasteiger charge is -2.38. The molecule has 3 unspecified atom stereocenters. The zero-order valence-electron chi connectivity index (χ0n) is 20.9. The number of hydrogen-bond acceptors (Lipinski definition) is 6. The number of ether oxygens (including phenoxy) is 1. The van der Waals surface area contributed by atoms with Gasteiger partial charge in [0.15, 0.2) is 0 Å². The van der Waals surface area contributed by atoms with E-state index in [4.69, 9.17) is 9.72 Å². The minimum atomic E-state index is -1.51. The van der Waals surface area contributed by atoms with Crippen molar-refractivity contribution in [2.75, 3.05) is 24.5 Å². The lowest BCUT2D eigenvalue weighted by molar-refractivity contribution is 0.0553. The van der Waals surface area contributed by atoms with Crippen molar-refractivity contribution in [2.45, 2.75) is 64.3 Å². The average Bonchev–Trinajstić information content (AvgIpc) is 2.82. The summed E-state index contributed by atoms with van der Waals surface area (Å²) >= 11 is 0.